The van der Waals surface area contributed by atoms with Crippen molar-refractivity contribution in [2.75, 3.05) is 7.11 Å². The second-order valence-corrected chi connectivity index (χ2v) is 5.62. The van der Waals surface area contributed by atoms with Crippen molar-refractivity contribution in [1.82, 2.24) is 15.2 Å². The van der Waals surface area contributed by atoms with Crippen molar-refractivity contribution in [3.8, 4) is 0 Å². The summed E-state index contributed by atoms with van der Waals surface area (Å²) in [4.78, 5) is 0. The van der Waals surface area contributed by atoms with E-state index in [0.29, 0.717) is 0 Å². The molecule has 1 unspecified atom stereocenters. The maximum atomic E-state index is 5.92. The van der Waals surface area contributed by atoms with Gasteiger partial charge in [0.05, 0.1) is 17.3 Å². The molecule has 1 aromatic rings. The summed E-state index contributed by atoms with van der Waals surface area (Å²) in [7, 11) is 1.80. The zero-order valence-corrected chi connectivity index (χ0v) is 12.2. The average molecular weight is 266 g/mol. The molecule has 1 aliphatic rings. The van der Waals surface area contributed by atoms with Gasteiger partial charge in [-0.3, -0.25) is 10.5 Å². The van der Waals surface area contributed by atoms with Crippen LogP contribution in [0.4, 0.5) is 0 Å². The summed E-state index contributed by atoms with van der Waals surface area (Å²) >= 11 is 0. The predicted octanol–water partition coefficient (Wildman–Crippen LogP) is 2.00. The van der Waals surface area contributed by atoms with Crippen molar-refractivity contribution in [1.29, 1.82) is 0 Å². The maximum absolute atomic E-state index is 5.92. The number of nitrogens with zero attached hydrogens (tertiary/aromatic N) is 2. The Hall–Kier alpha value is -0.910. The highest BCUT2D eigenvalue weighted by molar-refractivity contribution is 5.14. The number of hydrogen-bond acceptors (Lipinski definition) is 4. The van der Waals surface area contributed by atoms with Crippen LogP contribution >= 0.6 is 0 Å². The van der Waals surface area contributed by atoms with Gasteiger partial charge in [0.1, 0.15) is 0 Å². The highest BCUT2D eigenvalue weighted by atomic mass is 16.5. The van der Waals surface area contributed by atoms with Crippen LogP contribution in [0.25, 0.3) is 0 Å². The summed E-state index contributed by atoms with van der Waals surface area (Å²) in [6.07, 6.45) is 6.28. The first-order valence-corrected chi connectivity index (χ1v) is 7.20. The van der Waals surface area contributed by atoms with Gasteiger partial charge in [-0.2, -0.15) is 5.10 Å². The number of aryl methyl sites for hydroxylation is 1. The Labute approximate surface area is 115 Å². The van der Waals surface area contributed by atoms with Gasteiger partial charge in [-0.05, 0) is 44.6 Å². The van der Waals surface area contributed by atoms with Crippen LogP contribution < -0.4 is 11.3 Å². The summed E-state index contributed by atoms with van der Waals surface area (Å²) in [5, 5.41) is 4.34. The van der Waals surface area contributed by atoms with E-state index in [0.717, 1.165) is 31.0 Å². The molecular formula is C14H26N4O. The van der Waals surface area contributed by atoms with Gasteiger partial charge in [-0.25, -0.2) is 5.43 Å². The second kappa shape index (κ2) is 6.03. The molecule has 2 rings (SSSR count). The van der Waals surface area contributed by atoms with Crippen LogP contribution in [-0.2, 0) is 11.3 Å². The second-order valence-electron chi connectivity index (χ2n) is 5.62. The fourth-order valence-electron chi connectivity index (χ4n) is 3.22. The normalized spacial score (nSPS) is 29.4. The Bertz CT molecular complexity index is 396. The molecule has 1 fully saturated rings. The Morgan fingerprint density at radius 2 is 2.26 bits per heavy atom. The molecule has 0 aliphatic heterocycles. The van der Waals surface area contributed by atoms with Gasteiger partial charge in [-0.15, -0.1) is 0 Å². The van der Waals surface area contributed by atoms with Crippen LogP contribution in [0.2, 0.25) is 0 Å². The van der Waals surface area contributed by atoms with E-state index in [-0.39, 0.29) is 11.6 Å². The third kappa shape index (κ3) is 2.68. The molecule has 1 aromatic heterocycles. The number of methoxy groups -OCH3 is 1. The standard InChI is InChI=1S/C14H26N4O/c1-4-18-12(7-10-16-18)13(17-15)14(19-3)8-5-11(2)6-9-14/h7,10-11,13,17H,4-6,8-9,15H2,1-3H3. The lowest BCUT2D eigenvalue weighted by Gasteiger charge is -2.43. The Morgan fingerprint density at radius 3 is 2.79 bits per heavy atom. The summed E-state index contributed by atoms with van der Waals surface area (Å²) in [6.45, 7) is 5.24. The Morgan fingerprint density at radius 1 is 1.58 bits per heavy atom. The monoisotopic (exact) mass is 266 g/mol. The minimum Gasteiger partial charge on any atom is -0.376 e. The molecule has 0 aromatic carbocycles. The van der Waals surface area contributed by atoms with Gasteiger partial charge < -0.3 is 4.74 Å². The third-order valence-corrected chi connectivity index (χ3v) is 4.56. The van der Waals surface area contributed by atoms with Crippen LogP contribution in [0.5, 0.6) is 0 Å². The van der Waals surface area contributed by atoms with Crippen molar-refractivity contribution < 1.29 is 4.74 Å². The SMILES string of the molecule is CCn1nccc1C(NN)C1(OC)CCC(C)CC1. The molecule has 1 saturated carbocycles. The number of hydrogen-bond donors (Lipinski definition) is 2. The van der Waals surface area contributed by atoms with Crippen molar-refractivity contribution in [2.24, 2.45) is 11.8 Å². The summed E-state index contributed by atoms with van der Waals surface area (Å²) < 4.78 is 7.91. The fourth-order valence-corrected chi connectivity index (χ4v) is 3.22. The highest BCUT2D eigenvalue weighted by Gasteiger charge is 2.43. The van der Waals surface area contributed by atoms with Gasteiger partial charge in [0.15, 0.2) is 0 Å². The number of ether oxygens (including phenoxy) is 1. The lowest BCUT2D eigenvalue weighted by atomic mass is 9.74. The zero-order valence-electron chi connectivity index (χ0n) is 12.2. The number of aromatic nitrogens is 2. The van der Waals surface area contributed by atoms with Crippen LogP contribution in [0.3, 0.4) is 0 Å². The third-order valence-electron chi connectivity index (χ3n) is 4.56. The van der Waals surface area contributed by atoms with Crippen molar-refractivity contribution in [3.05, 3.63) is 18.0 Å². The van der Waals surface area contributed by atoms with E-state index in [1.165, 1.54) is 12.8 Å². The van der Waals surface area contributed by atoms with E-state index in [1.54, 1.807) is 7.11 Å². The van der Waals surface area contributed by atoms with Gasteiger partial charge >= 0.3 is 0 Å². The molecule has 1 aliphatic carbocycles. The maximum Gasteiger partial charge on any atom is 0.0918 e. The van der Waals surface area contributed by atoms with Crippen molar-refractivity contribution in [2.45, 2.75) is 57.7 Å². The summed E-state index contributed by atoms with van der Waals surface area (Å²) in [6, 6.07) is 2.03. The quantitative estimate of drug-likeness (QED) is 0.632. The number of hydrazine groups is 1. The molecule has 19 heavy (non-hydrogen) atoms. The van der Waals surface area contributed by atoms with Crippen LogP contribution in [0.1, 0.15) is 51.3 Å². The van der Waals surface area contributed by atoms with E-state index in [2.05, 4.69) is 24.4 Å². The van der Waals surface area contributed by atoms with Crippen molar-refractivity contribution >= 4 is 0 Å². The van der Waals surface area contributed by atoms with Gasteiger partial charge in [-0.1, -0.05) is 6.92 Å². The van der Waals surface area contributed by atoms with E-state index in [9.17, 15) is 0 Å². The Balaban J connectivity index is 2.28. The van der Waals surface area contributed by atoms with E-state index in [1.807, 2.05) is 16.9 Å². The molecule has 0 bridgehead atoms. The van der Waals surface area contributed by atoms with Crippen LogP contribution in [0.15, 0.2) is 12.3 Å². The lowest BCUT2D eigenvalue weighted by Crippen LogP contribution is -2.50. The summed E-state index contributed by atoms with van der Waals surface area (Å²) in [5.74, 6) is 6.62. The Kier molecular flexibility index (Phi) is 4.60. The minimum atomic E-state index is -0.214. The van der Waals surface area contributed by atoms with Crippen LogP contribution in [-0.4, -0.2) is 22.5 Å². The molecule has 5 heteroatoms. The molecular weight excluding hydrogens is 240 g/mol. The number of nitrogens with one attached hydrogen (secondary N) is 1. The van der Waals surface area contributed by atoms with Crippen LogP contribution in [0, 0.1) is 5.92 Å². The smallest absolute Gasteiger partial charge is 0.0918 e. The largest absolute Gasteiger partial charge is 0.376 e. The molecule has 3 N–H and O–H groups in total. The first-order valence-electron chi connectivity index (χ1n) is 7.20. The lowest BCUT2D eigenvalue weighted by molar-refractivity contribution is -0.0779. The van der Waals surface area contributed by atoms with E-state index in [4.69, 9.17) is 10.6 Å². The molecule has 0 spiro atoms. The average Bonchev–Trinajstić information content (AvgIpc) is 2.90. The summed E-state index contributed by atoms with van der Waals surface area (Å²) in [5.41, 5.74) is 3.87. The van der Waals surface area contributed by atoms with Gasteiger partial charge in [0.2, 0.25) is 0 Å². The molecule has 0 saturated heterocycles. The van der Waals surface area contributed by atoms with E-state index < -0.39 is 0 Å². The molecule has 1 heterocycles. The molecule has 0 amide bonds. The fraction of sp³-hybridized carbons (Fsp3) is 0.786. The number of rotatable bonds is 5. The molecule has 0 radical (unpaired) electrons. The zero-order chi connectivity index (χ0) is 13.9. The predicted molar refractivity (Wildman–Crippen MR) is 75.3 cm³/mol. The minimum absolute atomic E-state index is 0.00699. The van der Waals surface area contributed by atoms with Gasteiger partial charge in [0.25, 0.3) is 0 Å². The first kappa shape index (κ1) is 14.5. The number of nitrogens with two attached hydrogens (primary N) is 1. The molecule has 1 atom stereocenters. The topological polar surface area (TPSA) is 65.1 Å². The molecule has 108 valence electrons. The highest BCUT2D eigenvalue weighted by Crippen LogP contribution is 2.42. The molecule has 5 nitrogen and oxygen atoms in total. The first-order chi connectivity index (χ1) is 9.16. The van der Waals surface area contributed by atoms with Gasteiger partial charge in [0, 0.05) is 19.9 Å². The van der Waals surface area contributed by atoms with Crippen molar-refractivity contribution in [3.63, 3.8) is 0 Å². The van der Waals surface area contributed by atoms with E-state index >= 15 is 0 Å².